The summed E-state index contributed by atoms with van der Waals surface area (Å²) in [6, 6.07) is 8.41. The van der Waals surface area contributed by atoms with E-state index in [-0.39, 0.29) is 4.49 Å². The van der Waals surface area contributed by atoms with Crippen molar-refractivity contribution in [2.24, 2.45) is 0 Å². The standard InChI is InChI=1S/C8H5Cl2F/c9-8(10)7(11)6-4-2-1-3-5-6/h1-5H. The van der Waals surface area contributed by atoms with E-state index in [0.717, 1.165) is 0 Å². The summed E-state index contributed by atoms with van der Waals surface area (Å²) < 4.78 is 12.5. The van der Waals surface area contributed by atoms with Gasteiger partial charge in [-0.15, -0.1) is 0 Å². The second-order valence-corrected chi connectivity index (χ2v) is 2.89. The molecule has 0 saturated heterocycles. The molecule has 1 rings (SSSR count). The summed E-state index contributed by atoms with van der Waals surface area (Å²) in [7, 11) is 0. The van der Waals surface area contributed by atoms with Crippen LogP contribution >= 0.6 is 23.2 Å². The van der Waals surface area contributed by atoms with Gasteiger partial charge in [0.2, 0.25) is 0 Å². The molecule has 0 nitrogen and oxygen atoms in total. The quantitative estimate of drug-likeness (QED) is 0.633. The molecule has 3 heteroatoms. The maximum atomic E-state index is 12.9. The molecule has 1 aromatic rings. The van der Waals surface area contributed by atoms with E-state index in [1.807, 2.05) is 0 Å². The predicted molar refractivity (Wildman–Crippen MR) is 46.2 cm³/mol. The van der Waals surface area contributed by atoms with Gasteiger partial charge in [-0.2, -0.15) is 0 Å². The average molecular weight is 191 g/mol. The number of hydrogen-bond donors (Lipinski definition) is 0. The summed E-state index contributed by atoms with van der Waals surface area (Å²) in [6.07, 6.45) is 0. The lowest BCUT2D eigenvalue weighted by Gasteiger charge is -1.95. The molecule has 0 amide bonds. The van der Waals surface area contributed by atoms with Gasteiger partial charge in [0.05, 0.1) is 0 Å². The normalized spacial score (nSPS) is 9.36. The molecule has 0 radical (unpaired) electrons. The molecule has 0 fully saturated rings. The van der Waals surface area contributed by atoms with Crippen LogP contribution in [0.4, 0.5) is 4.39 Å². The highest BCUT2D eigenvalue weighted by Crippen LogP contribution is 2.24. The second kappa shape index (κ2) is 3.74. The molecule has 0 aliphatic carbocycles. The molecule has 58 valence electrons. The Morgan fingerprint density at radius 3 is 2.09 bits per heavy atom. The van der Waals surface area contributed by atoms with Gasteiger partial charge < -0.3 is 0 Å². The zero-order chi connectivity index (χ0) is 8.27. The van der Waals surface area contributed by atoms with Gasteiger partial charge in [-0.3, -0.25) is 0 Å². The fraction of sp³-hybridized carbons (Fsp3) is 0. The summed E-state index contributed by atoms with van der Waals surface area (Å²) in [5, 5.41) is 0. The van der Waals surface area contributed by atoms with Gasteiger partial charge in [-0.1, -0.05) is 53.5 Å². The SMILES string of the molecule is FC(=C(Cl)Cl)c1ccccc1. The summed E-state index contributed by atoms with van der Waals surface area (Å²) >= 11 is 10.5. The van der Waals surface area contributed by atoms with E-state index in [0.29, 0.717) is 5.56 Å². The topological polar surface area (TPSA) is 0 Å². The Bertz CT molecular complexity index is 263. The van der Waals surface area contributed by atoms with E-state index < -0.39 is 5.83 Å². The minimum atomic E-state index is -0.589. The largest absolute Gasteiger partial charge is 0.204 e. The van der Waals surface area contributed by atoms with Crippen molar-refractivity contribution in [1.29, 1.82) is 0 Å². The van der Waals surface area contributed by atoms with Crippen molar-refractivity contribution >= 4 is 29.0 Å². The van der Waals surface area contributed by atoms with E-state index in [4.69, 9.17) is 23.2 Å². The third-order valence-corrected chi connectivity index (χ3v) is 1.52. The number of hydrogen-bond acceptors (Lipinski definition) is 0. The van der Waals surface area contributed by atoms with Crippen molar-refractivity contribution in [1.82, 2.24) is 0 Å². The molecule has 0 unspecified atom stereocenters. The van der Waals surface area contributed by atoms with Gasteiger partial charge in [0, 0.05) is 5.56 Å². The Balaban J connectivity index is 3.04. The molecular formula is C8H5Cl2F. The highest BCUT2D eigenvalue weighted by Gasteiger charge is 2.02. The number of benzene rings is 1. The molecule has 0 N–H and O–H groups in total. The lowest BCUT2D eigenvalue weighted by atomic mass is 10.2. The van der Waals surface area contributed by atoms with Crippen molar-refractivity contribution in [3.05, 3.63) is 40.4 Å². The van der Waals surface area contributed by atoms with Gasteiger partial charge >= 0.3 is 0 Å². The van der Waals surface area contributed by atoms with Crippen LogP contribution in [0.2, 0.25) is 0 Å². The average Bonchev–Trinajstić information content (AvgIpc) is 2.05. The molecule has 0 saturated carbocycles. The van der Waals surface area contributed by atoms with Gasteiger partial charge in [0.25, 0.3) is 0 Å². The summed E-state index contributed by atoms with van der Waals surface area (Å²) in [4.78, 5) is 0. The summed E-state index contributed by atoms with van der Waals surface area (Å²) in [5.74, 6) is -0.589. The monoisotopic (exact) mass is 190 g/mol. The highest BCUT2D eigenvalue weighted by molar-refractivity contribution is 6.58. The fourth-order valence-electron chi connectivity index (χ4n) is 0.694. The van der Waals surface area contributed by atoms with Gasteiger partial charge in [-0.25, -0.2) is 4.39 Å². The minimum Gasteiger partial charge on any atom is -0.204 e. The Morgan fingerprint density at radius 1 is 1.09 bits per heavy atom. The van der Waals surface area contributed by atoms with Crippen LogP contribution in [0.15, 0.2) is 34.8 Å². The summed E-state index contributed by atoms with van der Waals surface area (Å²) in [5.41, 5.74) is 0.396. The first kappa shape index (κ1) is 8.57. The van der Waals surface area contributed by atoms with Crippen molar-refractivity contribution in [3.8, 4) is 0 Å². The van der Waals surface area contributed by atoms with Crippen LogP contribution in [0.3, 0.4) is 0 Å². The zero-order valence-electron chi connectivity index (χ0n) is 5.52. The predicted octanol–water partition coefficient (Wildman–Crippen LogP) is 3.76. The van der Waals surface area contributed by atoms with Gasteiger partial charge in [0.15, 0.2) is 5.83 Å². The lowest BCUT2D eigenvalue weighted by Crippen LogP contribution is -1.75. The molecule has 0 spiro atoms. The Morgan fingerprint density at radius 2 is 1.64 bits per heavy atom. The fourth-order valence-corrected chi connectivity index (χ4v) is 0.912. The van der Waals surface area contributed by atoms with E-state index in [2.05, 4.69) is 0 Å². The van der Waals surface area contributed by atoms with E-state index >= 15 is 0 Å². The van der Waals surface area contributed by atoms with Crippen LogP contribution in [0.5, 0.6) is 0 Å². The number of rotatable bonds is 1. The van der Waals surface area contributed by atoms with Gasteiger partial charge in [-0.05, 0) is 0 Å². The Kier molecular flexibility index (Phi) is 2.92. The van der Waals surface area contributed by atoms with E-state index in [1.54, 1.807) is 30.3 Å². The van der Waals surface area contributed by atoms with Crippen molar-refractivity contribution in [2.75, 3.05) is 0 Å². The lowest BCUT2D eigenvalue weighted by molar-refractivity contribution is 0.760. The summed E-state index contributed by atoms with van der Waals surface area (Å²) in [6.45, 7) is 0. The van der Waals surface area contributed by atoms with E-state index in [1.165, 1.54) is 0 Å². The maximum absolute atomic E-state index is 12.9. The molecule has 0 bridgehead atoms. The molecular weight excluding hydrogens is 186 g/mol. The molecule has 11 heavy (non-hydrogen) atoms. The van der Waals surface area contributed by atoms with Crippen LogP contribution < -0.4 is 0 Å². The van der Waals surface area contributed by atoms with Crippen LogP contribution in [-0.2, 0) is 0 Å². The first-order valence-corrected chi connectivity index (χ1v) is 3.73. The van der Waals surface area contributed by atoms with Crippen LogP contribution in [0, 0.1) is 0 Å². The van der Waals surface area contributed by atoms with Crippen LogP contribution in [0.1, 0.15) is 5.56 Å². The smallest absolute Gasteiger partial charge is 0.160 e. The molecule has 0 heterocycles. The van der Waals surface area contributed by atoms with Crippen molar-refractivity contribution in [2.45, 2.75) is 0 Å². The van der Waals surface area contributed by atoms with Crippen molar-refractivity contribution in [3.63, 3.8) is 0 Å². The highest BCUT2D eigenvalue weighted by atomic mass is 35.5. The molecule has 1 aromatic carbocycles. The maximum Gasteiger partial charge on any atom is 0.160 e. The van der Waals surface area contributed by atoms with E-state index in [9.17, 15) is 4.39 Å². The zero-order valence-corrected chi connectivity index (χ0v) is 7.03. The number of halogens is 3. The molecule has 0 atom stereocenters. The van der Waals surface area contributed by atoms with Gasteiger partial charge in [0.1, 0.15) is 4.49 Å². The Hall–Kier alpha value is -0.530. The second-order valence-electron chi connectivity index (χ2n) is 1.94. The Labute approximate surface area is 74.2 Å². The molecule has 0 aliphatic heterocycles. The minimum absolute atomic E-state index is 0.337. The first-order chi connectivity index (χ1) is 5.22. The molecule has 0 aliphatic rings. The third kappa shape index (κ3) is 2.21. The third-order valence-electron chi connectivity index (χ3n) is 1.19. The first-order valence-electron chi connectivity index (χ1n) is 2.98. The van der Waals surface area contributed by atoms with Crippen LogP contribution in [0.25, 0.3) is 5.83 Å². The molecule has 0 aromatic heterocycles. The van der Waals surface area contributed by atoms with Crippen LogP contribution in [-0.4, -0.2) is 0 Å². The van der Waals surface area contributed by atoms with Crippen molar-refractivity contribution < 1.29 is 4.39 Å².